The Morgan fingerprint density at radius 2 is 1.78 bits per heavy atom. The van der Waals surface area contributed by atoms with Crippen molar-refractivity contribution in [1.82, 2.24) is 9.80 Å². The van der Waals surface area contributed by atoms with Crippen molar-refractivity contribution in [2.45, 2.75) is 25.9 Å². The summed E-state index contributed by atoms with van der Waals surface area (Å²) >= 11 is 5.86. The molecule has 9 heteroatoms. The molecule has 0 saturated carbocycles. The highest BCUT2D eigenvalue weighted by atomic mass is 35.5. The Hall–Kier alpha value is -4.04. The maximum atomic E-state index is 12.6. The molecule has 2 N–H and O–H groups in total. The van der Waals surface area contributed by atoms with E-state index in [4.69, 9.17) is 16.5 Å². The van der Waals surface area contributed by atoms with E-state index in [1.165, 1.54) is 0 Å². The Morgan fingerprint density at radius 1 is 1.05 bits per heavy atom. The zero-order valence-corrected chi connectivity index (χ0v) is 21.4. The minimum atomic E-state index is -0.177. The van der Waals surface area contributed by atoms with Gasteiger partial charge in [-0.15, -0.1) is 4.51 Å². The van der Waals surface area contributed by atoms with Crippen molar-refractivity contribution in [2.24, 2.45) is 4.51 Å². The largest absolute Gasteiger partial charge is 0.491 e. The summed E-state index contributed by atoms with van der Waals surface area (Å²) in [6.07, 6.45) is 0.980. The molecule has 0 saturated heterocycles. The Bertz CT molecular complexity index is 1240. The second-order valence-electron chi connectivity index (χ2n) is 8.78. The van der Waals surface area contributed by atoms with Crippen LogP contribution in [0.1, 0.15) is 24.0 Å². The number of fused-ring (bicyclic) bond motifs is 1. The van der Waals surface area contributed by atoms with Gasteiger partial charge >= 0.3 is 0 Å². The first-order valence-corrected chi connectivity index (χ1v) is 12.5. The second-order valence-corrected chi connectivity index (χ2v) is 8.95. The standard InChI is InChI=1S/C28H30ClN5O3/c1-33(18-21-10-4-2-5-11-21)26(36)16-9-17-37-24-15-8-12-22-19-34(28(32-29)31-27(22)24)20-25(35)30-23-13-6-3-7-14-23/h2-8,10-15H,9,16-20H2,1H3,(H,30,35)(H,31,32). The van der Waals surface area contributed by atoms with Gasteiger partial charge in [0.1, 0.15) is 12.3 Å². The van der Waals surface area contributed by atoms with E-state index in [1.54, 1.807) is 9.80 Å². The van der Waals surface area contributed by atoms with Crippen molar-refractivity contribution in [3.63, 3.8) is 0 Å². The molecule has 1 aliphatic rings. The molecule has 3 aromatic carbocycles. The molecule has 1 heterocycles. The quantitative estimate of drug-likeness (QED) is 0.373. The predicted octanol–water partition coefficient (Wildman–Crippen LogP) is 4.88. The summed E-state index contributed by atoms with van der Waals surface area (Å²) in [5.74, 6) is 0.908. The summed E-state index contributed by atoms with van der Waals surface area (Å²) in [5.41, 5.74) is 3.53. The molecule has 0 aliphatic carbocycles. The number of ether oxygens (including phenoxy) is 1. The minimum Gasteiger partial charge on any atom is -0.491 e. The third-order valence-corrected chi connectivity index (χ3v) is 6.12. The lowest BCUT2D eigenvalue weighted by Gasteiger charge is -2.32. The number of para-hydroxylation sites is 2. The monoisotopic (exact) mass is 519 g/mol. The molecule has 0 radical (unpaired) electrons. The van der Waals surface area contributed by atoms with Gasteiger partial charge in [-0.05, 0) is 35.7 Å². The molecule has 3 aromatic rings. The van der Waals surface area contributed by atoms with Crippen molar-refractivity contribution in [2.75, 3.05) is 30.8 Å². The molecule has 0 unspecified atom stereocenters. The van der Waals surface area contributed by atoms with Gasteiger partial charge in [-0.25, -0.2) is 0 Å². The smallest absolute Gasteiger partial charge is 0.244 e. The molecule has 4 rings (SSSR count). The number of benzene rings is 3. The van der Waals surface area contributed by atoms with E-state index in [1.807, 2.05) is 85.9 Å². The van der Waals surface area contributed by atoms with Crippen molar-refractivity contribution in [1.29, 1.82) is 0 Å². The van der Waals surface area contributed by atoms with Crippen LogP contribution in [-0.2, 0) is 22.7 Å². The van der Waals surface area contributed by atoms with E-state index in [0.29, 0.717) is 44.2 Å². The summed E-state index contributed by atoms with van der Waals surface area (Å²) in [4.78, 5) is 28.6. The average Bonchev–Trinajstić information content (AvgIpc) is 2.91. The highest BCUT2D eigenvalue weighted by Gasteiger charge is 2.25. The second kappa shape index (κ2) is 12.8. The number of rotatable bonds is 10. The van der Waals surface area contributed by atoms with Crippen LogP contribution < -0.4 is 15.4 Å². The Morgan fingerprint density at radius 3 is 2.51 bits per heavy atom. The third kappa shape index (κ3) is 7.24. The lowest BCUT2D eigenvalue weighted by molar-refractivity contribution is -0.130. The number of hydrogen-bond acceptors (Lipinski definition) is 4. The molecule has 0 bridgehead atoms. The number of anilines is 2. The van der Waals surface area contributed by atoms with Gasteiger partial charge < -0.3 is 25.2 Å². The van der Waals surface area contributed by atoms with Crippen LogP contribution in [0.4, 0.5) is 11.4 Å². The first-order valence-electron chi connectivity index (χ1n) is 12.1. The lowest BCUT2D eigenvalue weighted by atomic mass is 10.1. The molecule has 0 spiro atoms. The molecule has 192 valence electrons. The summed E-state index contributed by atoms with van der Waals surface area (Å²) in [6, 6.07) is 24.9. The van der Waals surface area contributed by atoms with Crippen molar-refractivity contribution >= 4 is 40.9 Å². The molecular weight excluding hydrogens is 490 g/mol. The fourth-order valence-corrected chi connectivity index (χ4v) is 4.23. The van der Waals surface area contributed by atoms with Gasteiger partial charge in [0.05, 0.1) is 12.3 Å². The molecule has 0 aromatic heterocycles. The van der Waals surface area contributed by atoms with Crippen LogP contribution in [0.2, 0.25) is 0 Å². The molecule has 8 nitrogen and oxygen atoms in total. The van der Waals surface area contributed by atoms with Gasteiger partial charge in [0.25, 0.3) is 0 Å². The zero-order chi connectivity index (χ0) is 26.0. The van der Waals surface area contributed by atoms with Gasteiger partial charge in [-0.2, -0.15) is 0 Å². The number of guanidine groups is 1. The highest BCUT2D eigenvalue weighted by molar-refractivity contribution is 6.21. The van der Waals surface area contributed by atoms with Gasteiger partial charge in [0, 0.05) is 44.0 Å². The maximum absolute atomic E-state index is 12.6. The Balaban J connectivity index is 1.29. The molecule has 2 amide bonds. The first kappa shape index (κ1) is 26.0. The Kier molecular flexibility index (Phi) is 8.99. The van der Waals surface area contributed by atoms with E-state index in [0.717, 1.165) is 22.5 Å². The van der Waals surface area contributed by atoms with Crippen molar-refractivity contribution in [3.05, 3.63) is 90.0 Å². The fraction of sp³-hybridized carbons (Fsp3) is 0.250. The van der Waals surface area contributed by atoms with E-state index in [2.05, 4.69) is 15.1 Å². The summed E-state index contributed by atoms with van der Waals surface area (Å²) < 4.78 is 9.83. The highest BCUT2D eigenvalue weighted by Crippen LogP contribution is 2.33. The summed E-state index contributed by atoms with van der Waals surface area (Å²) in [6.45, 7) is 1.49. The number of hydrogen-bond donors (Lipinski definition) is 2. The van der Waals surface area contributed by atoms with E-state index in [9.17, 15) is 9.59 Å². The number of carbonyl (C=O) groups excluding carboxylic acids is 2. The summed E-state index contributed by atoms with van der Waals surface area (Å²) in [7, 11) is 1.81. The van der Waals surface area contributed by atoms with Crippen LogP contribution in [0.5, 0.6) is 5.75 Å². The van der Waals surface area contributed by atoms with Crippen LogP contribution in [0.3, 0.4) is 0 Å². The van der Waals surface area contributed by atoms with Crippen LogP contribution in [0.25, 0.3) is 0 Å². The lowest BCUT2D eigenvalue weighted by Crippen LogP contribution is -2.44. The Labute approximate surface area is 222 Å². The number of amides is 2. The number of carbonyl (C=O) groups is 2. The van der Waals surface area contributed by atoms with Gasteiger partial charge in [-0.3, -0.25) is 9.59 Å². The van der Waals surface area contributed by atoms with Crippen LogP contribution in [-0.4, -0.2) is 47.8 Å². The topological polar surface area (TPSA) is 86.3 Å². The fourth-order valence-electron chi connectivity index (χ4n) is 4.08. The van der Waals surface area contributed by atoms with Crippen LogP contribution in [0, 0.1) is 0 Å². The third-order valence-electron chi connectivity index (χ3n) is 5.96. The van der Waals surface area contributed by atoms with Gasteiger partial charge in [0.15, 0.2) is 0 Å². The van der Waals surface area contributed by atoms with Crippen LogP contribution in [0.15, 0.2) is 83.4 Å². The molecule has 0 atom stereocenters. The van der Waals surface area contributed by atoms with Crippen molar-refractivity contribution < 1.29 is 14.3 Å². The van der Waals surface area contributed by atoms with Crippen LogP contribution >= 0.6 is 11.8 Å². The van der Waals surface area contributed by atoms with E-state index in [-0.39, 0.29) is 18.4 Å². The predicted molar refractivity (Wildman–Crippen MR) is 146 cm³/mol. The van der Waals surface area contributed by atoms with Gasteiger partial charge in [-0.1, -0.05) is 60.7 Å². The molecule has 37 heavy (non-hydrogen) atoms. The number of nitrogens with zero attached hydrogens (tertiary/aromatic N) is 3. The molecular formula is C28H30ClN5O3. The first-order chi connectivity index (χ1) is 18.0. The SMILES string of the molecule is CN(Cc1ccccc1)C(=O)CCCOc1cccc2c1N/C(=N\Cl)N(CC(=O)Nc1ccccc1)C2. The molecule has 0 fully saturated rings. The molecule has 1 aliphatic heterocycles. The van der Waals surface area contributed by atoms with Crippen molar-refractivity contribution in [3.8, 4) is 5.75 Å². The number of halogens is 1. The minimum absolute atomic E-state index is 0.0710. The van der Waals surface area contributed by atoms with E-state index >= 15 is 0 Å². The average molecular weight is 520 g/mol. The maximum Gasteiger partial charge on any atom is 0.244 e. The van der Waals surface area contributed by atoms with Gasteiger partial charge in [0.2, 0.25) is 17.8 Å². The normalized spacial score (nSPS) is 13.5. The summed E-state index contributed by atoms with van der Waals surface area (Å²) in [5, 5.41) is 6.07. The van der Waals surface area contributed by atoms with E-state index < -0.39 is 0 Å². The zero-order valence-electron chi connectivity index (χ0n) is 20.7. The number of nitrogens with one attached hydrogen (secondary N) is 2.